The van der Waals surface area contributed by atoms with Crippen LogP contribution in [0.25, 0.3) is 27.0 Å². The fourth-order valence-corrected chi connectivity index (χ4v) is 5.33. The molecule has 0 saturated heterocycles. The van der Waals surface area contributed by atoms with E-state index in [1.165, 1.54) is 23.1 Å². The zero-order valence-corrected chi connectivity index (χ0v) is 18.8. The molecule has 0 radical (unpaired) electrons. The van der Waals surface area contributed by atoms with E-state index < -0.39 is 0 Å². The number of para-hydroxylation sites is 2. The summed E-state index contributed by atoms with van der Waals surface area (Å²) in [5.74, 6) is 1.51. The van der Waals surface area contributed by atoms with Crippen LogP contribution < -0.4 is 10.3 Å². The fraction of sp³-hybridized carbons (Fsp3) is 0.0769. The highest BCUT2D eigenvalue weighted by Crippen LogP contribution is 2.32. The number of ether oxygens (including phenoxy) is 1. The molecule has 3 aromatic carbocycles. The summed E-state index contributed by atoms with van der Waals surface area (Å²) < 4.78 is 7.54. The number of aromatic nitrogens is 2. The fourth-order valence-electron chi connectivity index (χ4n) is 3.51. The molecule has 0 aliphatic rings. The first-order valence-corrected chi connectivity index (χ1v) is 12.1. The molecule has 0 amide bonds. The first kappa shape index (κ1) is 20.5. The van der Waals surface area contributed by atoms with Crippen LogP contribution in [0, 0.1) is 0 Å². The van der Waals surface area contributed by atoms with Gasteiger partial charge in [0, 0.05) is 16.7 Å². The van der Waals surface area contributed by atoms with Crippen molar-refractivity contribution < 1.29 is 4.74 Å². The van der Waals surface area contributed by atoms with Gasteiger partial charge < -0.3 is 4.74 Å². The molecule has 158 valence electrons. The minimum atomic E-state index is -0.0484. The smallest absolute Gasteiger partial charge is 0.268 e. The van der Waals surface area contributed by atoms with Crippen LogP contribution in [0.2, 0.25) is 0 Å². The molecular formula is C26H20N2O2S2. The van der Waals surface area contributed by atoms with E-state index in [9.17, 15) is 4.79 Å². The van der Waals surface area contributed by atoms with Gasteiger partial charge >= 0.3 is 0 Å². The number of rotatable bonds is 7. The van der Waals surface area contributed by atoms with E-state index in [0.717, 1.165) is 27.4 Å². The lowest BCUT2D eigenvalue weighted by molar-refractivity contribution is 0.344. The van der Waals surface area contributed by atoms with Gasteiger partial charge in [-0.1, -0.05) is 78.5 Å². The average molecular weight is 457 g/mol. The van der Waals surface area contributed by atoms with Gasteiger partial charge in [0.25, 0.3) is 5.56 Å². The van der Waals surface area contributed by atoms with Gasteiger partial charge in [-0.05, 0) is 29.8 Å². The zero-order valence-electron chi connectivity index (χ0n) is 17.2. The summed E-state index contributed by atoms with van der Waals surface area (Å²) in [5, 5.41) is 3.36. The normalized spacial score (nSPS) is 11.0. The molecule has 0 fully saturated rings. The lowest BCUT2D eigenvalue weighted by atomic mass is 10.1. The summed E-state index contributed by atoms with van der Waals surface area (Å²) in [6.45, 7) is 0.525. The minimum Gasteiger partial charge on any atom is -0.493 e. The third-order valence-electron chi connectivity index (χ3n) is 5.00. The Labute approximate surface area is 194 Å². The van der Waals surface area contributed by atoms with Gasteiger partial charge in [0.1, 0.15) is 10.6 Å². The maximum atomic E-state index is 13.7. The molecule has 5 aromatic rings. The van der Waals surface area contributed by atoms with Crippen LogP contribution in [0.5, 0.6) is 5.75 Å². The number of thiophene rings is 1. The first-order valence-electron chi connectivity index (χ1n) is 10.3. The third kappa shape index (κ3) is 4.20. The second-order valence-electron chi connectivity index (χ2n) is 7.08. The molecule has 0 bridgehead atoms. The van der Waals surface area contributed by atoms with Crippen LogP contribution in [-0.4, -0.2) is 21.9 Å². The molecule has 2 heterocycles. The number of hydrogen-bond acceptors (Lipinski definition) is 5. The average Bonchev–Trinajstić information content (AvgIpc) is 3.28. The van der Waals surface area contributed by atoms with E-state index in [1.807, 2.05) is 96.4 Å². The summed E-state index contributed by atoms with van der Waals surface area (Å²) >= 11 is 3.04. The Morgan fingerprint density at radius 1 is 0.875 bits per heavy atom. The van der Waals surface area contributed by atoms with Crippen molar-refractivity contribution in [1.82, 2.24) is 9.55 Å². The van der Waals surface area contributed by atoms with E-state index >= 15 is 0 Å². The Kier molecular flexibility index (Phi) is 6.05. The minimum absolute atomic E-state index is 0.0484. The van der Waals surface area contributed by atoms with Crippen molar-refractivity contribution in [3.8, 4) is 22.6 Å². The number of benzene rings is 3. The van der Waals surface area contributed by atoms with E-state index in [-0.39, 0.29) is 5.56 Å². The van der Waals surface area contributed by atoms with Crippen molar-refractivity contribution >= 4 is 33.3 Å². The second-order valence-corrected chi connectivity index (χ2v) is 9.00. The molecule has 0 saturated carbocycles. The lowest BCUT2D eigenvalue weighted by Gasteiger charge is -2.13. The molecule has 0 spiro atoms. The molecule has 0 atom stereocenters. The van der Waals surface area contributed by atoms with E-state index in [4.69, 9.17) is 9.72 Å². The first-order chi connectivity index (χ1) is 15.8. The number of hydrogen-bond donors (Lipinski definition) is 0. The van der Waals surface area contributed by atoms with Crippen LogP contribution in [0.1, 0.15) is 0 Å². The Morgan fingerprint density at radius 2 is 1.53 bits per heavy atom. The topological polar surface area (TPSA) is 44.1 Å². The standard InChI is InChI=1S/C26H20N2O2S2/c29-25-23-22(19-10-4-1-5-11-19)18-32-24(23)27-26(28(25)20-12-6-2-7-13-20)31-17-16-30-21-14-8-3-9-15-21/h1-15,18H,16-17H2. The molecule has 2 aromatic heterocycles. The monoisotopic (exact) mass is 456 g/mol. The van der Waals surface area contributed by atoms with Crippen LogP contribution >= 0.6 is 23.1 Å². The number of fused-ring (bicyclic) bond motifs is 1. The van der Waals surface area contributed by atoms with E-state index in [0.29, 0.717) is 22.9 Å². The van der Waals surface area contributed by atoms with Crippen LogP contribution in [0.4, 0.5) is 0 Å². The molecule has 5 rings (SSSR count). The molecule has 32 heavy (non-hydrogen) atoms. The van der Waals surface area contributed by atoms with Gasteiger partial charge in [-0.2, -0.15) is 0 Å². The SMILES string of the molecule is O=c1c2c(-c3ccccc3)csc2nc(SCCOc2ccccc2)n1-c1ccccc1. The van der Waals surface area contributed by atoms with E-state index in [1.54, 1.807) is 4.57 Å². The summed E-state index contributed by atoms with van der Waals surface area (Å²) in [4.78, 5) is 19.4. The third-order valence-corrected chi connectivity index (χ3v) is 6.78. The maximum absolute atomic E-state index is 13.7. The predicted octanol–water partition coefficient (Wildman–Crippen LogP) is 6.29. The largest absolute Gasteiger partial charge is 0.493 e. The van der Waals surface area contributed by atoms with Crippen molar-refractivity contribution in [3.05, 3.63) is 107 Å². The molecule has 6 heteroatoms. The van der Waals surface area contributed by atoms with Crippen LogP contribution in [0.3, 0.4) is 0 Å². The second kappa shape index (κ2) is 9.42. The Bertz CT molecular complexity index is 1380. The quantitative estimate of drug-likeness (QED) is 0.164. The van der Waals surface area contributed by atoms with Gasteiger partial charge in [0.05, 0.1) is 17.7 Å². The highest BCUT2D eigenvalue weighted by molar-refractivity contribution is 7.99. The summed E-state index contributed by atoms with van der Waals surface area (Å²) in [5.41, 5.74) is 2.71. The summed E-state index contributed by atoms with van der Waals surface area (Å²) in [7, 11) is 0. The Balaban J connectivity index is 1.53. The molecule has 0 N–H and O–H groups in total. The van der Waals surface area contributed by atoms with Gasteiger partial charge in [0.2, 0.25) is 0 Å². The van der Waals surface area contributed by atoms with Crippen molar-refractivity contribution in [2.24, 2.45) is 0 Å². The van der Waals surface area contributed by atoms with Crippen molar-refractivity contribution in [1.29, 1.82) is 0 Å². The highest BCUT2D eigenvalue weighted by atomic mass is 32.2. The molecule has 4 nitrogen and oxygen atoms in total. The molecule has 0 unspecified atom stereocenters. The summed E-state index contributed by atoms with van der Waals surface area (Å²) in [6, 6.07) is 29.4. The highest BCUT2D eigenvalue weighted by Gasteiger charge is 2.18. The van der Waals surface area contributed by atoms with Gasteiger partial charge in [-0.3, -0.25) is 9.36 Å². The van der Waals surface area contributed by atoms with Crippen LogP contribution in [-0.2, 0) is 0 Å². The number of nitrogens with zero attached hydrogens (tertiary/aromatic N) is 2. The predicted molar refractivity (Wildman–Crippen MR) is 133 cm³/mol. The van der Waals surface area contributed by atoms with Crippen molar-refractivity contribution in [3.63, 3.8) is 0 Å². The molecular weight excluding hydrogens is 436 g/mol. The van der Waals surface area contributed by atoms with Crippen molar-refractivity contribution in [2.45, 2.75) is 5.16 Å². The van der Waals surface area contributed by atoms with Crippen LogP contribution in [0.15, 0.2) is 106 Å². The van der Waals surface area contributed by atoms with Gasteiger partial charge in [0.15, 0.2) is 5.16 Å². The Hall–Kier alpha value is -3.35. The van der Waals surface area contributed by atoms with Crippen molar-refractivity contribution in [2.75, 3.05) is 12.4 Å². The lowest BCUT2D eigenvalue weighted by Crippen LogP contribution is -2.21. The zero-order chi connectivity index (χ0) is 21.8. The number of thioether (sulfide) groups is 1. The maximum Gasteiger partial charge on any atom is 0.268 e. The van der Waals surface area contributed by atoms with Gasteiger partial charge in [-0.15, -0.1) is 11.3 Å². The molecule has 0 aliphatic heterocycles. The Morgan fingerprint density at radius 3 is 2.25 bits per heavy atom. The van der Waals surface area contributed by atoms with Gasteiger partial charge in [-0.25, -0.2) is 4.98 Å². The molecule has 0 aliphatic carbocycles. The van der Waals surface area contributed by atoms with E-state index in [2.05, 4.69) is 0 Å². The summed E-state index contributed by atoms with van der Waals surface area (Å²) in [6.07, 6.45) is 0.